The van der Waals surface area contributed by atoms with Gasteiger partial charge in [-0.2, -0.15) is 0 Å². The smallest absolute Gasteiger partial charge is 0.249 e. The number of ether oxygens (including phenoxy) is 2. The molecule has 1 amide bonds. The summed E-state index contributed by atoms with van der Waals surface area (Å²) in [5, 5.41) is 13.0. The van der Waals surface area contributed by atoms with Crippen molar-refractivity contribution >= 4 is 17.5 Å². The fourth-order valence-electron chi connectivity index (χ4n) is 6.30. The van der Waals surface area contributed by atoms with E-state index in [0.29, 0.717) is 24.1 Å². The van der Waals surface area contributed by atoms with Crippen LogP contribution < -0.4 is 20.5 Å². The fraction of sp³-hybridized carbons (Fsp3) is 0.424. The van der Waals surface area contributed by atoms with Crippen LogP contribution in [-0.2, 0) is 5.60 Å². The number of primary amides is 1. The summed E-state index contributed by atoms with van der Waals surface area (Å²) in [6.45, 7) is 5.94. The van der Waals surface area contributed by atoms with E-state index in [4.69, 9.17) is 26.8 Å². The van der Waals surface area contributed by atoms with Crippen molar-refractivity contribution < 1.29 is 28.2 Å². The Kier molecular flexibility index (Phi) is 8.78. The minimum atomic E-state index is -0.970. The van der Waals surface area contributed by atoms with Crippen molar-refractivity contribution in [3.05, 3.63) is 81.9 Å². The number of nitrogens with two attached hydrogens (primary N) is 1. The Morgan fingerprint density at radius 3 is 2.48 bits per heavy atom. The van der Waals surface area contributed by atoms with Gasteiger partial charge in [0, 0.05) is 41.3 Å². The fourth-order valence-corrected chi connectivity index (χ4v) is 6.55. The number of carbonyl (C=O) groups excluding carboxylic acids is 1. The molecular formula is C33H37ClF2N2O4. The summed E-state index contributed by atoms with van der Waals surface area (Å²) in [6, 6.07) is 13.8. The summed E-state index contributed by atoms with van der Waals surface area (Å²) in [6.07, 6.45) is 3.50. The van der Waals surface area contributed by atoms with Gasteiger partial charge in [-0.05, 0) is 56.2 Å². The molecule has 0 unspecified atom stereocenters. The first kappa shape index (κ1) is 30.3. The van der Waals surface area contributed by atoms with E-state index in [9.17, 15) is 9.90 Å². The molecule has 1 aliphatic heterocycles. The molecule has 0 aromatic heterocycles. The van der Waals surface area contributed by atoms with Gasteiger partial charge >= 0.3 is 0 Å². The number of aliphatic hydroxyl groups excluding tert-OH is 1. The van der Waals surface area contributed by atoms with Crippen LogP contribution in [0.25, 0.3) is 11.1 Å². The van der Waals surface area contributed by atoms with Crippen LogP contribution in [0.2, 0.25) is 5.02 Å². The van der Waals surface area contributed by atoms with Gasteiger partial charge in [-0.15, -0.1) is 0 Å². The summed E-state index contributed by atoms with van der Waals surface area (Å²) in [7, 11) is 0. The lowest BCUT2D eigenvalue weighted by Gasteiger charge is -2.37. The van der Waals surface area contributed by atoms with Crippen LogP contribution >= 0.6 is 11.6 Å². The van der Waals surface area contributed by atoms with Crippen LogP contribution in [-0.4, -0.2) is 36.3 Å². The number of carbonyl (C=O) groups is 1. The van der Waals surface area contributed by atoms with E-state index in [-0.39, 0.29) is 39.8 Å². The van der Waals surface area contributed by atoms with Crippen LogP contribution in [0.3, 0.4) is 0 Å². The number of benzene rings is 3. The van der Waals surface area contributed by atoms with E-state index >= 15 is 8.78 Å². The molecular weight excluding hydrogens is 562 g/mol. The van der Waals surface area contributed by atoms with Gasteiger partial charge < -0.3 is 25.6 Å². The summed E-state index contributed by atoms with van der Waals surface area (Å²) >= 11 is 6.61. The first-order valence-electron chi connectivity index (χ1n) is 14.5. The summed E-state index contributed by atoms with van der Waals surface area (Å²) < 4.78 is 43.9. The molecule has 0 radical (unpaired) electrons. The highest BCUT2D eigenvalue weighted by atomic mass is 35.5. The number of hydrogen-bond donors (Lipinski definition) is 3. The summed E-state index contributed by atoms with van der Waals surface area (Å²) in [4.78, 5) is 12.5. The minimum absolute atomic E-state index is 0.00254. The number of amides is 1. The van der Waals surface area contributed by atoms with Crippen LogP contribution in [0.1, 0.15) is 73.9 Å². The van der Waals surface area contributed by atoms with Gasteiger partial charge in [-0.25, -0.2) is 8.78 Å². The number of fused-ring (bicyclic) bond motifs is 1. The Morgan fingerprint density at radius 1 is 1.14 bits per heavy atom. The van der Waals surface area contributed by atoms with Gasteiger partial charge in [-0.3, -0.25) is 4.79 Å². The van der Waals surface area contributed by atoms with E-state index < -0.39 is 35.2 Å². The molecule has 3 atom stereocenters. The van der Waals surface area contributed by atoms with Crippen molar-refractivity contribution in [2.24, 2.45) is 11.7 Å². The predicted molar refractivity (Wildman–Crippen MR) is 159 cm³/mol. The van der Waals surface area contributed by atoms with E-state index in [0.717, 1.165) is 31.2 Å². The molecule has 6 nitrogen and oxygen atoms in total. The SMILES string of the molecule is CC1CCC(NC[C@]2(c3ccccc3)Oc3cc(F)c(Cl)c(-c4c(C(N)=O)ccc(OC[C@H](C)O)c4F)c3[C@@H]2C)CC1. The van der Waals surface area contributed by atoms with Gasteiger partial charge in [0.2, 0.25) is 5.91 Å². The van der Waals surface area contributed by atoms with E-state index in [1.165, 1.54) is 25.1 Å². The highest BCUT2D eigenvalue weighted by molar-refractivity contribution is 6.34. The van der Waals surface area contributed by atoms with Crippen LogP contribution in [0.4, 0.5) is 8.78 Å². The van der Waals surface area contributed by atoms with Crippen molar-refractivity contribution in [2.75, 3.05) is 13.2 Å². The molecule has 1 saturated carbocycles. The number of hydrogen-bond acceptors (Lipinski definition) is 5. The van der Waals surface area contributed by atoms with E-state index in [1.54, 1.807) is 0 Å². The van der Waals surface area contributed by atoms with Gasteiger partial charge in [-0.1, -0.05) is 55.8 Å². The highest BCUT2D eigenvalue weighted by Gasteiger charge is 2.50. The summed E-state index contributed by atoms with van der Waals surface area (Å²) in [5.41, 5.74) is 5.61. The average molecular weight is 599 g/mol. The molecule has 9 heteroatoms. The molecule has 2 aliphatic rings. The molecule has 42 heavy (non-hydrogen) atoms. The maximum atomic E-state index is 16.2. The zero-order valence-electron chi connectivity index (χ0n) is 24.1. The number of halogens is 3. The standard InChI is InChI=1S/C33H37ClF2N2O4/c1-18-9-11-22(12-10-18)38-17-33(21-7-5-4-6-8-21)20(3)27-26(42-33)15-24(35)30(34)29(27)28-23(32(37)40)13-14-25(31(28)36)41-16-19(2)39/h4-8,13-15,18-20,22,38-39H,9-12,16-17H2,1-3H3,(H2,37,40)/t18?,19-,20-,22?,33-/m0/s1. The second-order valence-corrected chi connectivity index (χ2v) is 12.1. The normalized spacial score (nSPS) is 24.1. The maximum Gasteiger partial charge on any atom is 0.249 e. The Labute approximate surface area is 250 Å². The molecule has 1 aliphatic carbocycles. The molecule has 4 N–H and O–H groups in total. The van der Waals surface area contributed by atoms with Crippen molar-refractivity contribution in [2.45, 2.75) is 70.1 Å². The Balaban J connectivity index is 1.66. The number of rotatable bonds is 9. The first-order valence-corrected chi connectivity index (χ1v) is 14.8. The lowest BCUT2D eigenvalue weighted by atomic mass is 9.77. The third-order valence-electron chi connectivity index (χ3n) is 8.68. The second kappa shape index (κ2) is 12.2. The molecule has 5 rings (SSSR count). The molecule has 3 aromatic rings. The Morgan fingerprint density at radius 2 is 1.83 bits per heavy atom. The zero-order valence-corrected chi connectivity index (χ0v) is 24.8. The molecule has 0 saturated heterocycles. The Hall–Kier alpha value is -3.20. The van der Waals surface area contributed by atoms with Crippen molar-refractivity contribution in [3.63, 3.8) is 0 Å². The minimum Gasteiger partial charge on any atom is -0.488 e. The monoisotopic (exact) mass is 598 g/mol. The largest absolute Gasteiger partial charge is 0.488 e. The lowest BCUT2D eigenvalue weighted by molar-refractivity contribution is 0.0636. The van der Waals surface area contributed by atoms with Crippen LogP contribution in [0.5, 0.6) is 11.5 Å². The molecule has 0 spiro atoms. The topological polar surface area (TPSA) is 93.8 Å². The van der Waals surface area contributed by atoms with Crippen molar-refractivity contribution in [1.82, 2.24) is 5.32 Å². The zero-order chi connectivity index (χ0) is 30.2. The molecule has 3 aromatic carbocycles. The van der Waals surface area contributed by atoms with Crippen LogP contribution in [0.15, 0.2) is 48.5 Å². The highest BCUT2D eigenvalue weighted by Crippen LogP contribution is 2.56. The first-order chi connectivity index (χ1) is 20.0. The van der Waals surface area contributed by atoms with E-state index in [1.807, 2.05) is 37.3 Å². The summed E-state index contributed by atoms with van der Waals surface area (Å²) in [5.74, 6) is -2.42. The third-order valence-corrected chi connectivity index (χ3v) is 9.05. The quantitative estimate of drug-likeness (QED) is 0.255. The van der Waals surface area contributed by atoms with Crippen molar-refractivity contribution in [3.8, 4) is 22.6 Å². The Bertz CT molecular complexity index is 1460. The van der Waals surface area contributed by atoms with Crippen LogP contribution in [0, 0.1) is 17.6 Å². The average Bonchev–Trinajstić information content (AvgIpc) is 3.24. The third kappa shape index (κ3) is 5.60. The maximum absolute atomic E-state index is 16.2. The predicted octanol–water partition coefficient (Wildman–Crippen LogP) is 6.70. The second-order valence-electron chi connectivity index (χ2n) is 11.7. The van der Waals surface area contributed by atoms with Gasteiger partial charge in [0.05, 0.1) is 16.7 Å². The molecule has 224 valence electrons. The van der Waals surface area contributed by atoms with Gasteiger partial charge in [0.15, 0.2) is 17.2 Å². The molecule has 1 fully saturated rings. The van der Waals surface area contributed by atoms with E-state index in [2.05, 4.69) is 12.2 Å². The molecule has 0 bridgehead atoms. The van der Waals surface area contributed by atoms with Crippen molar-refractivity contribution in [1.29, 1.82) is 0 Å². The number of aliphatic hydroxyl groups is 1. The van der Waals surface area contributed by atoms with Gasteiger partial charge in [0.25, 0.3) is 0 Å². The molecule has 1 heterocycles. The number of nitrogens with one attached hydrogen (secondary N) is 1. The van der Waals surface area contributed by atoms with Gasteiger partial charge in [0.1, 0.15) is 18.2 Å². The lowest BCUT2D eigenvalue weighted by Crippen LogP contribution is -2.47.